The summed E-state index contributed by atoms with van der Waals surface area (Å²) in [7, 11) is 0. The van der Waals surface area contributed by atoms with Crippen LogP contribution >= 0.6 is 0 Å². The first kappa shape index (κ1) is 14.6. The van der Waals surface area contributed by atoms with E-state index in [0.29, 0.717) is 11.4 Å². The van der Waals surface area contributed by atoms with Crippen LogP contribution in [0, 0.1) is 24.0 Å². The van der Waals surface area contributed by atoms with Crippen LogP contribution in [0.1, 0.15) is 34.2 Å². The molecule has 0 aliphatic rings. The highest BCUT2D eigenvalue weighted by Crippen LogP contribution is 2.33. The van der Waals surface area contributed by atoms with Crippen LogP contribution in [0.15, 0.2) is 26.1 Å². The molecule has 0 fully saturated rings. The van der Waals surface area contributed by atoms with Crippen LogP contribution in [-0.2, 0) is 0 Å². The fourth-order valence-electron chi connectivity index (χ4n) is 2.63. The van der Waals surface area contributed by atoms with E-state index in [-0.39, 0.29) is 16.9 Å². The number of aromatic nitrogens is 4. The molecule has 0 saturated carbocycles. The van der Waals surface area contributed by atoms with Crippen molar-refractivity contribution in [2.45, 2.75) is 19.8 Å². The maximum Gasteiger partial charge on any atom is 0.433 e. The average Bonchev–Trinajstić information content (AvgIpc) is 3.18. The molecule has 0 aliphatic heterocycles. The number of aromatic amines is 4. The first-order valence-corrected chi connectivity index (χ1v) is 6.68. The number of furan rings is 1. The third kappa shape index (κ3) is 2.29. The van der Waals surface area contributed by atoms with Crippen LogP contribution < -0.4 is 11.1 Å². The zero-order chi connectivity index (χ0) is 16.7. The summed E-state index contributed by atoms with van der Waals surface area (Å²) in [4.78, 5) is 34.4. The third-order valence-electron chi connectivity index (χ3n) is 3.68. The Morgan fingerprint density at radius 3 is 1.87 bits per heavy atom. The minimum atomic E-state index is -0.867. The SMILES string of the molecule is Cc1[nH][nH]c(=O)c1C(c1ccc([N+](=O)[O-])o1)c1c(C)[nH][nH]c1=O. The second-order valence-corrected chi connectivity index (χ2v) is 5.10. The molecule has 120 valence electrons. The molecule has 3 aromatic rings. The summed E-state index contributed by atoms with van der Waals surface area (Å²) < 4.78 is 5.24. The quantitative estimate of drug-likeness (QED) is 0.417. The van der Waals surface area contributed by atoms with Gasteiger partial charge in [-0.25, -0.2) is 0 Å². The smallest absolute Gasteiger partial charge is 0.405 e. The minimum Gasteiger partial charge on any atom is -0.405 e. The number of rotatable bonds is 4. The van der Waals surface area contributed by atoms with Gasteiger partial charge in [0.05, 0.1) is 23.1 Å². The molecular weight excluding hydrogens is 306 g/mol. The van der Waals surface area contributed by atoms with E-state index in [1.165, 1.54) is 12.1 Å². The lowest BCUT2D eigenvalue weighted by atomic mass is 9.89. The van der Waals surface area contributed by atoms with Gasteiger partial charge in [0.25, 0.3) is 11.1 Å². The molecule has 0 radical (unpaired) electrons. The summed E-state index contributed by atoms with van der Waals surface area (Å²) in [6.45, 7) is 3.32. The number of hydrogen-bond acceptors (Lipinski definition) is 5. The summed E-state index contributed by atoms with van der Waals surface area (Å²) in [6.07, 6.45) is 0. The molecule has 23 heavy (non-hydrogen) atoms. The molecule has 0 saturated heterocycles. The van der Waals surface area contributed by atoms with Crippen molar-refractivity contribution in [2.75, 3.05) is 0 Å². The lowest BCUT2D eigenvalue weighted by Gasteiger charge is -2.11. The standard InChI is InChI=1S/C13H13N5O5/c1-5-9(12(19)16-14-5)11(10-6(2)15-17-13(10)20)7-3-4-8(23-7)18(21)22/h3-4,11H,1-2H3,(H2,14,16,19)(H2,15,17,20). The predicted molar refractivity (Wildman–Crippen MR) is 78.6 cm³/mol. The molecule has 3 aromatic heterocycles. The number of hydrogen-bond donors (Lipinski definition) is 4. The van der Waals surface area contributed by atoms with Crippen LogP contribution in [0.3, 0.4) is 0 Å². The molecule has 0 bridgehead atoms. The molecule has 3 heterocycles. The fourth-order valence-corrected chi connectivity index (χ4v) is 2.63. The van der Waals surface area contributed by atoms with Crippen LogP contribution in [0.5, 0.6) is 0 Å². The Bertz CT molecular complexity index is 931. The number of H-pyrrole nitrogens is 4. The molecule has 3 rings (SSSR count). The van der Waals surface area contributed by atoms with E-state index in [0.717, 1.165) is 0 Å². The van der Waals surface area contributed by atoms with Gasteiger partial charge in [0.15, 0.2) is 0 Å². The Morgan fingerprint density at radius 1 is 1.00 bits per heavy atom. The fraction of sp³-hybridized carbons (Fsp3) is 0.231. The van der Waals surface area contributed by atoms with E-state index < -0.39 is 27.8 Å². The maximum absolute atomic E-state index is 12.1. The van der Waals surface area contributed by atoms with Gasteiger partial charge in [0.1, 0.15) is 10.7 Å². The van der Waals surface area contributed by atoms with E-state index in [1.807, 2.05) is 0 Å². The van der Waals surface area contributed by atoms with Crippen LogP contribution in [0.2, 0.25) is 0 Å². The van der Waals surface area contributed by atoms with E-state index in [1.54, 1.807) is 13.8 Å². The molecule has 0 atom stereocenters. The minimum absolute atomic E-state index is 0.137. The summed E-state index contributed by atoms with van der Waals surface area (Å²) in [5.41, 5.74) is 0.709. The van der Waals surface area contributed by atoms with Gasteiger partial charge in [-0.3, -0.25) is 29.9 Å². The molecule has 0 aliphatic carbocycles. The topological polar surface area (TPSA) is 154 Å². The van der Waals surface area contributed by atoms with Crippen molar-refractivity contribution in [3.05, 3.63) is 71.2 Å². The van der Waals surface area contributed by atoms with E-state index in [4.69, 9.17) is 4.42 Å². The van der Waals surface area contributed by atoms with Gasteiger partial charge in [-0.2, -0.15) is 0 Å². The largest absolute Gasteiger partial charge is 0.433 e. The van der Waals surface area contributed by atoms with Crippen molar-refractivity contribution in [2.24, 2.45) is 0 Å². The zero-order valence-corrected chi connectivity index (χ0v) is 12.2. The van der Waals surface area contributed by atoms with Crippen molar-refractivity contribution in [1.29, 1.82) is 0 Å². The van der Waals surface area contributed by atoms with Crippen molar-refractivity contribution >= 4 is 5.88 Å². The Hall–Kier alpha value is -3.30. The van der Waals surface area contributed by atoms with Gasteiger partial charge in [0.2, 0.25) is 0 Å². The molecule has 0 amide bonds. The molecule has 10 heteroatoms. The highest BCUT2D eigenvalue weighted by atomic mass is 16.6. The second-order valence-electron chi connectivity index (χ2n) is 5.10. The van der Waals surface area contributed by atoms with Crippen molar-refractivity contribution in [3.8, 4) is 0 Å². The Balaban J connectivity index is 2.28. The highest BCUT2D eigenvalue weighted by Gasteiger charge is 2.31. The van der Waals surface area contributed by atoms with Gasteiger partial charge in [-0.05, 0) is 19.9 Å². The lowest BCUT2D eigenvalue weighted by molar-refractivity contribution is -0.402. The van der Waals surface area contributed by atoms with E-state index >= 15 is 0 Å². The van der Waals surface area contributed by atoms with Crippen LogP contribution in [0.25, 0.3) is 0 Å². The van der Waals surface area contributed by atoms with Gasteiger partial charge < -0.3 is 14.6 Å². The van der Waals surface area contributed by atoms with Gasteiger partial charge >= 0.3 is 5.88 Å². The maximum atomic E-state index is 12.1. The number of aryl methyl sites for hydroxylation is 2. The summed E-state index contributed by atoms with van der Waals surface area (Å²) in [5.74, 6) is -1.19. The normalized spacial score (nSPS) is 11.3. The summed E-state index contributed by atoms with van der Waals surface area (Å²) >= 11 is 0. The first-order valence-electron chi connectivity index (χ1n) is 6.68. The van der Waals surface area contributed by atoms with Crippen molar-refractivity contribution in [1.82, 2.24) is 20.4 Å². The molecule has 0 spiro atoms. The highest BCUT2D eigenvalue weighted by molar-refractivity contribution is 5.42. The number of nitrogens with one attached hydrogen (secondary N) is 4. The predicted octanol–water partition coefficient (Wildman–Crippen LogP) is 1.02. The Kier molecular flexibility index (Phi) is 3.28. The van der Waals surface area contributed by atoms with Crippen molar-refractivity contribution < 1.29 is 9.34 Å². The van der Waals surface area contributed by atoms with E-state index in [9.17, 15) is 19.7 Å². The molecule has 10 nitrogen and oxygen atoms in total. The number of nitrogens with zero attached hydrogens (tertiary/aromatic N) is 1. The molecule has 0 unspecified atom stereocenters. The average molecular weight is 319 g/mol. The molecular formula is C13H13N5O5. The van der Waals surface area contributed by atoms with Gasteiger partial charge in [-0.15, -0.1) is 0 Å². The van der Waals surface area contributed by atoms with Crippen LogP contribution in [0.4, 0.5) is 5.88 Å². The monoisotopic (exact) mass is 319 g/mol. The third-order valence-corrected chi connectivity index (χ3v) is 3.68. The lowest BCUT2D eigenvalue weighted by Crippen LogP contribution is -2.19. The summed E-state index contributed by atoms with van der Waals surface area (Å²) in [6, 6.07) is 2.58. The molecule has 4 N–H and O–H groups in total. The van der Waals surface area contributed by atoms with Crippen LogP contribution in [-0.4, -0.2) is 25.3 Å². The zero-order valence-electron chi connectivity index (χ0n) is 12.2. The number of nitro groups is 1. The Morgan fingerprint density at radius 2 is 1.52 bits per heavy atom. The van der Waals surface area contributed by atoms with Crippen molar-refractivity contribution in [3.63, 3.8) is 0 Å². The second kappa shape index (κ2) is 5.16. The first-order chi connectivity index (χ1) is 10.9. The van der Waals surface area contributed by atoms with Gasteiger partial charge in [0, 0.05) is 11.4 Å². The van der Waals surface area contributed by atoms with Gasteiger partial charge in [-0.1, -0.05) is 0 Å². The Labute approximate surface area is 127 Å². The molecule has 0 aromatic carbocycles. The summed E-state index contributed by atoms with van der Waals surface area (Å²) in [5, 5.41) is 21.1. The van der Waals surface area contributed by atoms with E-state index in [2.05, 4.69) is 20.4 Å².